The molecule has 0 unspecified atom stereocenters. The molecule has 1 nitrogen and oxygen atoms in total. The zero-order valence-electron chi connectivity index (χ0n) is 7.70. The maximum absolute atomic E-state index is 3.50. The molecule has 0 aromatic carbocycles. The average Bonchev–Trinajstić information content (AvgIpc) is 2.75. The van der Waals surface area contributed by atoms with E-state index in [9.17, 15) is 0 Å². The van der Waals surface area contributed by atoms with Gasteiger partial charge in [0.05, 0.1) is 0 Å². The van der Waals surface area contributed by atoms with E-state index in [0.717, 1.165) is 19.0 Å². The third-order valence-corrected chi connectivity index (χ3v) is 3.29. The molecule has 2 heteroatoms. The van der Waals surface area contributed by atoms with Crippen LogP contribution in [0.2, 0.25) is 0 Å². The molecule has 0 atom stereocenters. The maximum atomic E-state index is 3.50. The Morgan fingerprint density at radius 1 is 1.38 bits per heavy atom. The molecule has 0 fully saturated rings. The highest BCUT2D eigenvalue weighted by Crippen LogP contribution is 2.16. The van der Waals surface area contributed by atoms with Crippen molar-refractivity contribution in [1.29, 1.82) is 0 Å². The number of hydrogen-bond acceptors (Lipinski definition) is 2. The molecule has 2 rings (SSSR count). The summed E-state index contributed by atoms with van der Waals surface area (Å²) in [5.41, 5.74) is 0. The molecule has 0 amide bonds. The molecule has 1 aliphatic carbocycles. The molecule has 0 radical (unpaired) electrons. The molecule has 70 valence electrons. The second-order valence-corrected chi connectivity index (χ2v) is 4.55. The van der Waals surface area contributed by atoms with Gasteiger partial charge in [-0.25, -0.2) is 0 Å². The standard InChI is InChI=1S/C11H15NS/c1-2-5-10(4-1)8-12-9-11-6-3-7-13-11/h1-3,6-7,10,12H,4-5,8-9H2. The fourth-order valence-corrected chi connectivity index (χ4v) is 2.33. The van der Waals surface area contributed by atoms with Gasteiger partial charge in [0.25, 0.3) is 0 Å². The fraction of sp³-hybridized carbons (Fsp3) is 0.455. The molecule has 0 bridgehead atoms. The number of thiophene rings is 1. The van der Waals surface area contributed by atoms with Crippen LogP contribution in [-0.2, 0) is 6.54 Å². The zero-order valence-corrected chi connectivity index (χ0v) is 8.52. The van der Waals surface area contributed by atoms with Crippen molar-refractivity contribution in [2.24, 2.45) is 5.92 Å². The molecule has 0 saturated heterocycles. The predicted molar refractivity (Wildman–Crippen MR) is 57.9 cm³/mol. The largest absolute Gasteiger partial charge is 0.312 e. The topological polar surface area (TPSA) is 12.0 Å². The Labute approximate surface area is 83.5 Å². The van der Waals surface area contributed by atoms with Crippen LogP contribution in [-0.4, -0.2) is 6.54 Å². The molecule has 1 N–H and O–H groups in total. The summed E-state index contributed by atoms with van der Waals surface area (Å²) < 4.78 is 0. The smallest absolute Gasteiger partial charge is 0.0299 e. The van der Waals surface area contributed by atoms with Gasteiger partial charge in [0.2, 0.25) is 0 Å². The zero-order chi connectivity index (χ0) is 8.93. The summed E-state index contributed by atoms with van der Waals surface area (Å²) in [6.07, 6.45) is 7.10. The minimum atomic E-state index is 0.847. The summed E-state index contributed by atoms with van der Waals surface area (Å²) >= 11 is 1.83. The second-order valence-electron chi connectivity index (χ2n) is 3.52. The van der Waals surface area contributed by atoms with E-state index in [2.05, 4.69) is 35.0 Å². The molecule has 13 heavy (non-hydrogen) atoms. The molecule has 1 aromatic heterocycles. The summed E-state index contributed by atoms with van der Waals surface area (Å²) in [5, 5.41) is 5.63. The summed E-state index contributed by atoms with van der Waals surface area (Å²) in [6, 6.07) is 4.30. The lowest BCUT2D eigenvalue weighted by Crippen LogP contribution is -2.20. The minimum Gasteiger partial charge on any atom is -0.312 e. The molecule has 1 heterocycles. The highest BCUT2D eigenvalue weighted by Gasteiger charge is 2.08. The Morgan fingerprint density at radius 2 is 2.23 bits per heavy atom. The third-order valence-electron chi connectivity index (χ3n) is 2.42. The van der Waals surface area contributed by atoms with Crippen LogP contribution in [0.5, 0.6) is 0 Å². The van der Waals surface area contributed by atoms with Gasteiger partial charge in [-0.3, -0.25) is 0 Å². The predicted octanol–water partition coefficient (Wildman–Crippen LogP) is 2.80. The van der Waals surface area contributed by atoms with Crippen LogP contribution >= 0.6 is 11.3 Å². The molecular formula is C11H15NS. The van der Waals surface area contributed by atoms with Crippen molar-refractivity contribution in [2.45, 2.75) is 19.4 Å². The van der Waals surface area contributed by atoms with Gasteiger partial charge in [-0.15, -0.1) is 11.3 Å². The normalized spacial score (nSPS) is 16.9. The van der Waals surface area contributed by atoms with E-state index in [4.69, 9.17) is 0 Å². The summed E-state index contributed by atoms with van der Waals surface area (Å²) in [7, 11) is 0. The molecule has 0 saturated carbocycles. The van der Waals surface area contributed by atoms with Crippen LogP contribution in [0.25, 0.3) is 0 Å². The molecule has 1 aromatic rings. The summed E-state index contributed by atoms with van der Waals surface area (Å²) in [5.74, 6) is 0.847. The molecule has 0 spiro atoms. The van der Waals surface area contributed by atoms with Crippen molar-refractivity contribution in [3.8, 4) is 0 Å². The number of nitrogens with one attached hydrogen (secondary N) is 1. The second kappa shape index (κ2) is 4.58. The van der Waals surface area contributed by atoms with Crippen LogP contribution in [0.4, 0.5) is 0 Å². The highest BCUT2D eigenvalue weighted by atomic mass is 32.1. The Kier molecular flexibility index (Phi) is 3.16. The van der Waals surface area contributed by atoms with Crippen molar-refractivity contribution in [1.82, 2.24) is 5.32 Å². The van der Waals surface area contributed by atoms with Crippen molar-refractivity contribution >= 4 is 11.3 Å². The molecular weight excluding hydrogens is 178 g/mol. The lowest BCUT2D eigenvalue weighted by atomic mass is 10.1. The van der Waals surface area contributed by atoms with E-state index in [1.165, 1.54) is 17.7 Å². The first-order valence-corrected chi connectivity index (χ1v) is 5.71. The monoisotopic (exact) mass is 193 g/mol. The van der Waals surface area contributed by atoms with Gasteiger partial charge in [-0.05, 0) is 36.8 Å². The van der Waals surface area contributed by atoms with E-state index >= 15 is 0 Å². The first-order chi connectivity index (χ1) is 6.45. The van der Waals surface area contributed by atoms with Crippen LogP contribution in [0.1, 0.15) is 17.7 Å². The quantitative estimate of drug-likeness (QED) is 0.725. The Bertz CT molecular complexity index is 256. The van der Waals surface area contributed by atoms with Gasteiger partial charge in [0.1, 0.15) is 0 Å². The van der Waals surface area contributed by atoms with E-state index < -0.39 is 0 Å². The summed E-state index contributed by atoms with van der Waals surface area (Å²) in [6.45, 7) is 2.19. The van der Waals surface area contributed by atoms with E-state index in [0.29, 0.717) is 0 Å². The summed E-state index contributed by atoms with van der Waals surface area (Å²) in [4.78, 5) is 1.44. The Hall–Kier alpha value is -0.600. The Balaban J connectivity index is 1.64. The SMILES string of the molecule is C1=CCC(CNCc2cccs2)C1. The highest BCUT2D eigenvalue weighted by molar-refractivity contribution is 7.09. The van der Waals surface area contributed by atoms with Crippen LogP contribution in [0.15, 0.2) is 29.7 Å². The van der Waals surface area contributed by atoms with Gasteiger partial charge >= 0.3 is 0 Å². The average molecular weight is 193 g/mol. The minimum absolute atomic E-state index is 0.847. The molecule has 1 aliphatic rings. The first kappa shape index (κ1) is 8.97. The Morgan fingerprint density at radius 3 is 2.92 bits per heavy atom. The van der Waals surface area contributed by atoms with Crippen molar-refractivity contribution in [3.63, 3.8) is 0 Å². The van der Waals surface area contributed by atoms with E-state index in [1.54, 1.807) is 0 Å². The van der Waals surface area contributed by atoms with Gasteiger partial charge in [0, 0.05) is 11.4 Å². The molecule has 0 aliphatic heterocycles. The van der Waals surface area contributed by atoms with Gasteiger partial charge in [0.15, 0.2) is 0 Å². The maximum Gasteiger partial charge on any atom is 0.0299 e. The third kappa shape index (κ3) is 2.68. The van der Waals surface area contributed by atoms with Gasteiger partial charge < -0.3 is 5.32 Å². The van der Waals surface area contributed by atoms with Crippen molar-refractivity contribution in [2.75, 3.05) is 6.54 Å². The first-order valence-electron chi connectivity index (χ1n) is 4.83. The lowest BCUT2D eigenvalue weighted by molar-refractivity contribution is 0.505. The van der Waals surface area contributed by atoms with Gasteiger partial charge in [-0.2, -0.15) is 0 Å². The van der Waals surface area contributed by atoms with Crippen LogP contribution in [0.3, 0.4) is 0 Å². The van der Waals surface area contributed by atoms with Crippen molar-refractivity contribution in [3.05, 3.63) is 34.5 Å². The van der Waals surface area contributed by atoms with E-state index in [-0.39, 0.29) is 0 Å². The van der Waals surface area contributed by atoms with Crippen LogP contribution < -0.4 is 5.32 Å². The van der Waals surface area contributed by atoms with Crippen molar-refractivity contribution < 1.29 is 0 Å². The van der Waals surface area contributed by atoms with E-state index in [1.807, 2.05) is 11.3 Å². The lowest BCUT2D eigenvalue weighted by Gasteiger charge is -2.09. The number of rotatable bonds is 4. The van der Waals surface area contributed by atoms with Gasteiger partial charge in [-0.1, -0.05) is 18.2 Å². The number of allylic oxidation sites excluding steroid dienone is 2. The fourth-order valence-electron chi connectivity index (χ4n) is 1.65. The van der Waals surface area contributed by atoms with Crippen LogP contribution in [0, 0.1) is 5.92 Å². The number of hydrogen-bond donors (Lipinski definition) is 1.